The third kappa shape index (κ3) is 5.25. The molecule has 36 heavy (non-hydrogen) atoms. The maximum atomic E-state index is 12.4. The number of urea groups is 1. The molecule has 3 N–H and O–H groups in total. The molecule has 1 aliphatic heterocycles. The number of nitrogens with one attached hydrogen (secondary N) is 3. The number of carbonyl (C=O) groups is 1. The van der Waals surface area contributed by atoms with Gasteiger partial charge in [-0.1, -0.05) is 42.5 Å². The zero-order chi connectivity index (χ0) is 24.9. The Labute approximate surface area is 210 Å². The van der Waals surface area contributed by atoms with Gasteiger partial charge in [0.25, 0.3) is 0 Å². The molecule has 3 heterocycles. The zero-order valence-corrected chi connectivity index (χ0v) is 20.6. The molecular formula is C27H31N7O2. The van der Waals surface area contributed by atoms with Gasteiger partial charge in [-0.2, -0.15) is 0 Å². The fourth-order valence-corrected chi connectivity index (χ4v) is 4.55. The normalized spacial score (nSPS) is 15.6. The number of fused-ring (bicyclic) bond motifs is 1. The second-order valence-corrected chi connectivity index (χ2v) is 9.03. The molecule has 2 aromatic carbocycles. The fourth-order valence-electron chi connectivity index (χ4n) is 4.55. The topological polar surface area (TPSA) is 108 Å². The highest BCUT2D eigenvalue weighted by Gasteiger charge is 2.26. The number of nitrogens with zero attached hydrogens (tertiary/aromatic N) is 4. The number of piperidine rings is 1. The van der Waals surface area contributed by atoms with Gasteiger partial charge in [0.2, 0.25) is 0 Å². The number of ether oxygens (including phenoxy) is 1. The molecule has 9 nitrogen and oxygen atoms in total. The average Bonchev–Trinajstić information content (AvgIpc) is 3.34. The molecule has 0 aliphatic carbocycles. The monoisotopic (exact) mass is 485 g/mol. The molecule has 1 saturated heterocycles. The first-order chi connectivity index (χ1) is 17.6. The van der Waals surface area contributed by atoms with Crippen molar-refractivity contribution in [2.75, 3.05) is 25.5 Å². The van der Waals surface area contributed by atoms with E-state index in [1.165, 1.54) is 0 Å². The van der Waals surface area contributed by atoms with E-state index >= 15 is 0 Å². The lowest BCUT2D eigenvalue weighted by Crippen LogP contribution is -2.50. The minimum atomic E-state index is -0.0450. The van der Waals surface area contributed by atoms with E-state index in [0.717, 1.165) is 48.2 Å². The lowest BCUT2D eigenvalue weighted by atomic mass is 10.0. The molecular weight excluding hydrogens is 454 g/mol. The molecule has 2 aromatic heterocycles. The summed E-state index contributed by atoms with van der Waals surface area (Å²) < 4.78 is 5.95. The summed E-state index contributed by atoms with van der Waals surface area (Å²) in [7, 11) is 1.67. The Bertz CT molecular complexity index is 1340. The van der Waals surface area contributed by atoms with Crippen molar-refractivity contribution in [2.24, 2.45) is 0 Å². The number of amides is 2. The van der Waals surface area contributed by atoms with Crippen LogP contribution in [0.3, 0.4) is 0 Å². The number of H-pyrrole nitrogens is 1. The molecule has 186 valence electrons. The summed E-state index contributed by atoms with van der Waals surface area (Å²) in [6.45, 7) is 3.66. The fraction of sp³-hybridized carbons (Fsp3) is 0.333. The lowest BCUT2D eigenvalue weighted by molar-refractivity contribution is 0.157. The number of likely N-dealkylation sites (tertiary alicyclic amines) is 1. The van der Waals surface area contributed by atoms with Crippen molar-refractivity contribution in [3.05, 3.63) is 66.0 Å². The minimum Gasteiger partial charge on any atom is -0.486 e. The van der Waals surface area contributed by atoms with Gasteiger partial charge in [0.1, 0.15) is 23.7 Å². The highest BCUT2D eigenvalue weighted by molar-refractivity contribution is 5.85. The van der Waals surface area contributed by atoms with E-state index < -0.39 is 0 Å². The number of benzene rings is 2. The molecule has 1 fully saturated rings. The first kappa shape index (κ1) is 23.6. The van der Waals surface area contributed by atoms with Gasteiger partial charge in [0, 0.05) is 25.7 Å². The minimum absolute atomic E-state index is 0.0450. The Hall–Kier alpha value is -4.14. The first-order valence-electron chi connectivity index (χ1n) is 12.3. The molecule has 1 unspecified atom stereocenters. The van der Waals surface area contributed by atoms with Crippen LogP contribution in [0.15, 0.2) is 54.6 Å². The zero-order valence-electron chi connectivity index (χ0n) is 20.6. The van der Waals surface area contributed by atoms with Crippen LogP contribution in [-0.2, 0) is 6.61 Å². The summed E-state index contributed by atoms with van der Waals surface area (Å²) in [6, 6.07) is 17.8. The van der Waals surface area contributed by atoms with Crippen LogP contribution in [0, 0.1) is 6.92 Å². The SMILES string of the molecule is CNC(=O)N1CCCCC1CNc1nc(-c2ccccc2)nc2nc(COc3cccc(C)c3)[nH]c12. The smallest absolute Gasteiger partial charge is 0.317 e. The summed E-state index contributed by atoms with van der Waals surface area (Å²) in [6.07, 6.45) is 3.06. The molecule has 0 bridgehead atoms. The molecule has 0 spiro atoms. The number of aromatic nitrogens is 4. The Morgan fingerprint density at radius 1 is 1.11 bits per heavy atom. The number of rotatable bonds is 7. The van der Waals surface area contributed by atoms with E-state index in [-0.39, 0.29) is 18.7 Å². The van der Waals surface area contributed by atoms with E-state index in [1.54, 1.807) is 7.05 Å². The van der Waals surface area contributed by atoms with E-state index in [0.29, 0.717) is 29.7 Å². The van der Waals surface area contributed by atoms with E-state index in [2.05, 4.69) is 15.6 Å². The van der Waals surface area contributed by atoms with Gasteiger partial charge >= 0.3 is 6.03 Å². The number of hydrogen-bond acceptors (Lipinski definition) is 6. The Balaban J connectivity index is 1.43. The predicted molar refractivity (Wildman–Crippen MR) is 140 cm³/mol. The van der Waals surface area contributed by atoms with Crippen molar-refractivity contribution in [3.8, 4) is 17.1 Å². The summed E-state index contributed by atoms with van der Waals surface area (Å²) in [5.41, 5.74) is 3.34. The largest absolute Gasteiger partial charge is 0.486 e. The second-order valence-electron chi connectivity index (χ2n) is 9.03. The number of hydrogen-bond donors (Lipinski definition) is 3. The van der Waals surface area contributed by atoms with E-state index in [1.807, 2.05) is 66.4 Å². The van der Waals surface area contributed by atoms with Crippen LogP contribution in [-0.4, -0.2) is 57.0 Å². The van der Waals surface area contributed by atoms with E-state index in [4.69, 9.17) is 19.7 Å². The highest BCUT2D eigenvalue weighted by Crippen LogP contribution is 2.25. The third-order valence-electron chi connectivity index (χ3n) is 6.40. The van der Waals surface area contributed by atoms with Gasteiger partial charge in [0.15, 0.2) is 17.3 Å². The molecule has 4 aromatic rings. The predicted octanol–water partition coefficient (Wildman–Crippen LogP) is 4.51. The van der Waals surface area contributed by atoms with Gasteiger partial charge in [-0.25, -0.2) is 19.7 Å². The highest BCUT2D eigenvalue weighted by atomic mass is 16.5. The quantitative estimate of drug-likeness (QED) is 0.355. The Kier molecular flexibility index (Phi) is 6.97. The maximum Gasteiger partial charge on any atom is 0.317 e. The van der Waals surface area contributed by atoms with Crippen LogP contribution in [0.2, 0.25) is 0 Å². The summed E-state index contributed by atoms with van der Waals surface area (Å²) >= 11 is 0. The number of imidazole rings is 1. The van der Waals surface area contributed by atoms with Crippen molar-refractivity contribution < 1.29 is 9.53 Å². The van der Waals surface area contributed by atoms with E-state index in [9.17, 15) is 4.79 Å². The maximum absolute atomic E-state index is 12.4. The van der Waals surface area contributed by atoms with Crippen LogP contribution >= 0.6 is 0 Å². The van der Waals surface area contributed by atoms with Crippen molar-refractivity contribution in [3.63, 3.8) is 0 Å². The molecule has 0 saturated carbocycles. The van der Waals surface area contributed by atoms with Crippen LogP contribution in [0.1, 0.15) is 30.7 Å². The summed E-state index contributed by atoms with van der Waals surface area (Å²) in [4.78, 5) is 31.9. The summed E-state index contributed by atoms with van der Waals surface area (Å²) in [5, 5.41) is 6.25. The van der Waals surface area contributed by atoms with Gasteiger partial charge in [0.05, 0.1) is 6.04 Å². The van der Waals surface area contributed by atoms with Crippen molar-refractivity contribution in [1.29, 1.82) is 0 Å². The second kappa shape index (κ2) is 10.6. The summed E-state index contributed by atoms with van der Waals surface area (Å²) in [5.74, 6) is 2.71. The van der Waals surface area contributed by atoms with Gasteiger partial charge in [-0.05, 0) is 43.9 Å². The van der Waals surface area contributed by atoms with Crippen molar-refractivity contribution in [2.45, 2.75) is 38.8 Å². The average molecular weight is 486 g/mol. The standard InChI is InChI=1S/C27H31N7O2/c1-18-9-8-13-21(15-18)36-17-22-30-23-25(29-16-20-12-6-7-14-34(20)27(35)28-2)32-24(33-26(23)31-22)19-10-4-3-5-11-19/h3-5,8-11,13,15,20H,6-7,12,14,16-17H2,1-2H3,(H,28,35)(H2,29,30,31,32,33). The molecule has 1 atom stereocenters. The molecule has 5 rings (SSSR count). The Morgan fingerprint density at radius 2 is 1.97 bits per heavy atom. The molecule has 2 amide bonds. The molecule has 1 aliphatic rings. The first-order valence-corrected chi connectivity index (χ1v) is 12.3. The van der Waals surface area contributed by atoms with Crippen LogP contribution in [0.4, 0.5) is 10.6 Å². The van der Waals surface area contributed by atoms with Gasteiger partial charge in [-0.15, -0.1) is 0 Å². The van der Waals surface area contributed by atoms with Crippen LogP contribution in [0.5, 0.6) is 5.75 Å². The van der Waals surface area contributed by atoms with Gasteiger partial charge < -0.3 is 25.3 Å². The van der Waals surface area contributed by atoms with Crippen molar-refractivity contribution in [1.82, 2.24) is 30.2 Å². The number of anilines is 1. The van der Waals surface area contributed by atoms with Gasteiger partial charge in [-0.3, -0.25) is 0 Å². The molecule has 0 radical (unpaired) electrons. The van der Waals surface area contributed by atoms with Crippen LogP contribution in [0.25, 0.3) is 22.6 Å². The number of aryl methyl sites for hydroxylation is 1. The van der Waals surface area contributed by atoms with Crippen molar-refractivity contribution >= 4 is 23.0 Å². The number of aromatic amines is 1. The van der Waals surface area contributed by atoms with Crippen LogP contribution < -0.4 is 15.4 Å². The lowest BCUT2D eigenvalue weighted by Gasteiger charge is -2.35. The number of carbonyl (C=O) groups excluding carboxylic acids is 1. The Morgan fingerprint density at radius 3 is 2.78 bits per heavy atom. The third-order valence-corrected chi connectivity index (χ3v) is 6.40. The molecule has 9 heteroatoms.